The van der Waals surface area contributed by atoms with Crippen molar-refractivity contribution in [3.8, 4) is 11.8 Å². The number of rotatable bonds is 4. The average molecular weight is 325 g/mol. The van der Waals surface area contributed by atoms with Crippen molar-refractivity contribution in [3.63, 3.8) is 0 Å². The molecular formula is C19H23N3S. The van der Waals surface area contributed by atoms with Crippen LogP contribution in [0.15, 0.2) is 17.8 Å². The van der Waals surface area contributed by atoms with Crippen molar-refractivity contribution in [2.45, 2.75) is 51.9 Å². The normalized spacial score (nSPS) is 22.3. The van der Waals surface area contributed by atoms with E-state index >= 15 is 0 Å². The summed E-state index contributed by atoms with van der Waals surface area (Å²) < 4.78 is 1.16. The van der Waals surface area contributed by atoms with E-state index in [-0.39, 0.29) is 5.92 Å². The van der Waals surface area contributed by atoms with Crippen molar-refractivity contribution < 1.29 is 0 Å². The first-order valence-electron chi connectivity index (χ1n) is 8.33. The van der Waals surface area contributed by atoms with E-state index in [1.54, 1.807) is 17.7 Å². The SMILES string of the molecule is CC#CCC1CCC(C(C(C)=N)c2ncnc3ccsc23)CC1. The van der Waals surface area contributed by atoms with Crippen molar-refractivity contribution in [1.82, 2.24) is 9.97 Å². The zero-order chi connectivity index (χ0) is 16.2. The highest BCUT2D eigenvalue weighted by molar-refractivity contribution is 7.17. The highest BCUT2D eigenvalue weighted by atomic mass is 32.1. The highest BCUT2D eigenvalue weighted by Crippen LogP contribution is 2.41. The van der Waals surface area contributed by atoms with E-state index in [1.165, 1.54) is 25.7 Å². The Morgan fingerprint density at radius 3 is 2.83 bits per heavy atom. The molecule has 0 saturated heterocycles. The summed E-state index contributed by atoms with van der Waals surface area (Å²) in [6, 6.07) is 2.04. The number of thiophene rings is 1. The third-order valence-electron chi connectivity index (χ3n) is 4.96. The Hall–Kier alpha value is -1.73. The van der Waals surface area contributed by atoms with Crippen LogP contribution in [-0.4, -0.2) is 15.7 Å². The van der Waals surface area contributed by atoms with E-state index in [1.807, 2.05) is 19.9 Å². The molecule has 3 nitrogen and oxygen atoms in total. The summed E-state index contributed by atoms with van der Waals surface area (Å²) >= 11 is 1.70. The number of hydrogen-bond donors (Lipinski definition) is 1. The second-order valence-electron chi connectivity index (χ2n) is 6.47. The van der Waals surface area contributed by atoms with E-state index in [0.717, 1.165) is 34.0 Å². The molecule has 0 amide bonds. The van der Waals surface area contributed by atoms with Crippen LogP contribution in [0.2, 0.25) is 0 Å². The number of fused-ring (bicyclic) bond motifs is 1. The molecule has 0 aromatic carbocycles. The van der Waals surface area contributed by atoms with E-state index in [2.05, 4.69) is 27.2 Å². The maximum Gasteiger partial charge on any atom is 0.116 e. The van der Waals surface area contributed by atoms with Crippen LogP contribution in [0.1, 0.15) is 57.6 Å². The van der Waals surface area contributed by atoms with Crippen LogP contribution >= 0.6 is 11.3 Å². The van der Waals surface area contributed by atoms with Crippen LogP contribution < -0.4 is 0 Å². The molecule has 0 bridgehead atoms. The molecule has 1 fully saturated rings. The minimum atomic E-state index is 0.136. The average Bonchev–Trinajstić information content (AvgIpc) is 3.03. The third kappa shape index (κ3) is 3.45. The molecule has 0 aliphatic heterocycles. The monoisotopic (exact) mass is 325 g/mol. The van der Waals surface area contributed by atoms with Crippen LogP contribution in [0.25, 0.3) is 10.2 Å². The standard InChI is InChI=1S/C19H23N3S/c1-3-4-5-14-6-8-15(9-7-14)17(13(2)20)18-19-16(10-11-23-19)21-12-22-18/h10-12,14-15,17,20H,5-9H2,1-2H3. The lowest BCUT2D eigenvalue weighted by Crippen LogP contribution is -2.25. The smallest absolute Gasteiger partial charge is 0.116 e. The first-order chi connectivity index (χ1) is 11.2. The van der Waals surface area contributed by atoms with E-state index in [9.17, 15) is 0 Å². The van der Waals surface area contributed by atoms with Gasteiger partial charge in [-0.15, -0.1) is 23.2 Å². The van der Waals surface area contributed by atoms with Crippen LogP contribution in [-0.2, 0) is 0 Å². The molecule has 2 aromatic rings. The van der Waals surface area contributed by atoms with Crippen LogP contribution in [0, 0.1) is 29.1 Å². The topological polar surface area (TPSA) is 49.6 Å². The fraction of sp³-hybridized carbons (Fsp3) is 0.526. The molecule has 2 heterocycles. The summed E-state index contributed by atoms with van der Waals surface area (Å²) in [4.78, 5) is 8.93. The molecule has 1 atom stereocenters. The van der Waals surface area contributed by atoms with E-state index < -0.39 is 0 Å². The van der Waals surface area contributed by atoms with Gasteiger partial charge in [0, 0.05) is 18.1 Å². The molecule has 0 spiro atoms. The summed E-state index contributed by atoms with van der Waals surface area (Å²) in [5.74, 6) is 7.63. The number of nitrogens with one attached hydrogen (secondary N) is 1. The van der Waals surface area contributed by atoms with Gasteiger partial charge in [-0.3, -0.25) is 0 Å². The molecule has 120 valence electrons. The number of nitrogens with zero attached hydrogens (tertiary/aromatic N) is 2. The molecule has 1 saturated carbocycles. The van der Waals surface area contributed by atoms with Gasteiger partial charge in [0.15, 0.2) is 0 Å². The second kappa shape index (κ2) is 7.23. The maximum absolute atomic E-state index is 8.34. The molecule has 1 aliphatic carbocycles. The minimum absolute atomic E-state index is 0.136. The lowest BCUT2D eigenvalue weighted by Gasteiger charge is -2.33. The van der Waals surface area contributed by atoms with Crippen molar-refractivity contribution >= 4 is 27.3 Å². The quantitative estimate of drug-likeness (QED) is 0.633. The molecule has 4 heteroatoms. The Bertz CT molecular complexity index is 745. The Kier molecular flexibility index (Phi) is 5.07. The molecule has 0 radical (unpaired) electrons. The Labute approximate surface area is 142 Å². The fourth-order valence-electron chi connectivity index (χ4n) is 3.78. The Morgan fingerprint density at radius 2 is 2.13 bits per heavy atom. The summed E-state index contributed by atoms with van der Waals surface area (Å²) in [5.41, 5.74) is 2.81. The molecule has 1 N–H and O–H groups in total. The first kappa shape index (κ1) is 16.1. The van der Waals surface area contributed by atoms with Gasteiger partial charge in [-0.1, -0.05) is 0 Å². The molecule has 1 unspecified atom stereocenters. The molecule has 3 rings (SSSR count). The van der Waals surface area contributed by atoms with Gasteiger partial charge >= 0.3 is 0 Å². The minimum Gasteiger partial charge on any atom is -0.309 e. The van der Waals surface area contributed by atoms with Crippen LogP contribution in [0.3, 0.4) is 0 Å². The highest BCUT2D eigenvalue weighted by Gasteiger charge is 2.31. The molecule has 23 heavy (non-hydrogen) atoms. The van der Waals surface area contributed by atoms with Crippen LogP contribution in [0.4, 0.5) is 0 Å². The van der Waals surface area contributed by atoms with Crippen molar-refractivity contribution in [1.29, 1.82) is 5.41 Å². The lowest BCUT2D eigenvalue weighted by atomic mass is 9.72. The summed E-state index contributed by atoms with van der Waals surface area (Å²) in [7, 11) is 0. The first-order valence-corrected chi connectivity index (χ1v) is 9.21. The van der Waals surface area contributed by atoms with Gasteiger partial charge in [0.05, 0.1) is 15.9 Å². The second-order valence-corrected chi connectivity index (χ2v) is 7.38. The largest absolute Gasteiger partial charge is 0.309 e. The lowest BCUT2D eigenvalue weighted by molar-refractivity contribution is 0.266. The summed E-state index contributed by atoms with van der Waals surface area (Å²) in [5, 5.41) is 10.4. The Balaban J connectivity index is 1.82. The zero-order valence-corrected chi connectivity index (χ0v) is 14.6. The molecule has 1 aliphatic rings. The van der Waals surface area contributed by atoms with Gasteiger partial charge in [-0.25, -0.2) is 9.97 Å². The predicted octanol–water partition coefficient (Wildman–Crippen LogP) is 5.03. The fourth-order valence-corrected chi connectivity index (χ4v) is 4.66. The predicted molar refractivity (Wildman–Crippen MR) is 97.1 cm³/mol. The molecule has 2 aromatic heterocycles. The number of aromatic nitrogens is 2. The summed E-state index contributed by atoms with van der Waals surface area (Å²) in [6.07, 6.45) is 7.48. The van der Waals surface area contributed by atoms with E-state index in [4.69, 9.17) is 5.41 Å². The van der Waals surface area contributed by atoms with Crippen molar-refractivity contribution in [2.24, 2.45) is 11.8 Å². The summed E-state index contributed by atoms with van der Waals surface area (Å²) in [6.45, 7) is 3.85. The maximum atomic E-state index is 8.34. The van der Waals surface area contributed by atoms with Crippen molar-refractivity contribution in [2.75, 3.05) is 0 Å². The van der Waals surface area contributed by atoms with Gasteiger partial charge in [0.1, 0.15) is 6.33 Å². The molecular weight excluding hydrogens is 302 g/mol. The van der Waals surface area contributed by atoms with Gasteiger partial charge in [0.2, 0.25) is 0 Å². The van der Waals surface area contributed by atoms with E-state index in [0.29, 0.717) is 5.92 Å². The van der Waals surface area contributed by atoms with Gasteiger partial charge in [0.25, 0.3) is 0 Å². The van der Waals surface area contributed by atoms with Crippen molar-refractivity contribution in [3.05, 3.63) is 23.5 Å². The third-order valence-corrected chi connectivity index (χ3v) is 5.89. The Morgan fingerprint density at radius 1 is 1.35 bits per heavy atom. The van der Waals surface area contributed by atoms with Gasteiger partial charge in [-0.2, -0.15) is 0 Å². The van der Waals surface area contributed by atoms with Gasteiger partial charge < -0.3 is 5.41 Å². The number of hydrogen-bond acceptors (Lipinski definition) is 4. The van der Waals surface area contributed by atoms with Gasteiger partial charge in [-0.05, 0) is 62.8 Å². The van der Waals surface area contributed by atoms with Crippen LogP contribution in [0.5, 0.6) is 0 Å². The zero-order valence-electron chi connectivity index (χ0n) is 13.8.